The summed E-state index contributed by atoms with van der Waals surface area (Å²) in [5.74, 6) is 0.818. The molecular formula is C15H29NO. The van der Waals surface area contributed by atoms with Crippen LogP contribution in [0.25, 0.3) is 0 Å². The first kappa shape index (κ1) is 13.4. The molecule has 0 saturated carbocycles. The number of nitrogens with zero attached hydrogens (tertiary/aromatic N) is 1. The van der Waals surface area contributed by atoms with Crippen LogP contribution in [0, 0.1) is 11.3 Å². The molecule has 0 bridgehead atoms. The lowest BCUT2D eigenvalue weighted by molar-refractivity contribution is -0.206. The lowest BCUT2D eigenvalue weighted by atomic mass is 9.69. The van der Waals surface area contributed by atoms with Gasteiger partial charge in [0.1, 0.15) is 0 Å². The standard InChI is InChI=1S/C15H29NO/c1-13(2,3)12-7-8-17-15(9-12)10-16(11-15)14(4,5)6/h12H,7-11H2,1-6H3. The second-order valence-electron chi connectivity index (χ2n) is 8.11. The molecule has 17 heavy (non-hydrogen) atoms. The molecule has 2 rings (SSSR count). The van der Waals surface area contributed by atoms with Gasteiger partial charge in [-0.25, -0.2) is 0 Å². The minimum Gasteiger partial charge on any atom is -0.372 e. The number of rotatable bonds is 0. The maximum absolute atomic E-state index is 6.11. The fraction of sp³-hybridized carbons (Fsp3) is 1.00. The van der Waals surface area contributed by atoms with Crippen molar-refractivity contribution in [2.24, 2.45) is 11.3 Å². The summed E-state index contributed by atoms with van der Waals surface area (Å²) in [4.78, 5) is 2.54. The highest BCUT2D eigenvalue weighted by atomic mass is 16.5. The Hall–Kier alpha value is -0.0800. The lowest BCUT2D eigenvalue weighted by Gasteiger charge is -2.58. The van der Waals surface area contributed by atoms with Crippen molar-refractivity contribution in [1.82, 2.24) is 4.90 Å². The summed E-state index contributed by atoms with van der Waals surface area (Å²) in [5.41, 5.74) is 0.908. The molecule has 0 N–H and O–H groups in total. The van der Waals surface area contributed by atoms with E-state index in [2.05, 4.69) is 46.4 Å². The molecule has 0 aromatic heterocycles. The Morgan fingerprint density at radius 3 is 2.12 bits per heavy atom. The van der Waals surface area contributed by atoms with Crippen molar-refractivity contribution in [2.45, 2.75) is 65.5 Å². The van der Waals surface area contributed by atoms with Gasteiger partial charge in [0.05, 0.1) is 5.60 Å². The predicted octanol–water partition coefficient (Wildman–Crippen LogP) is 3.31. The minimum atomic E-state index is 0.184. The quantitative estimate of drug-likeness (QED) is 0.643. The van der Waals surface area contributed by atoms with Gasteiger partial charge < -0.3 is 4.74 Å². The van der Waals surface area contributed by atoms with E-state index >= 15 is 0 Å². The molecule has 2 heteroatoms. The summed E-state index contributed by atoms with van der Waals surface area (Å²) in [6.07, 6.45) is 2.49. The molecule has 1 spiro atoms. The summed E-state index contributed by atoms with van der Waals surface area (Å²) < 4.78 is 6.11. The van der Waals surface area contributed by atoms with Gasteiger partial charge in [0, 0.05) is 25.2 Å². The highest BCUT2D eigenvalue weighted by Gasteiger charge is 2.51. The molecule has 0 aromatic rings. The molecule has 1 unspecified atom stereocenters. The second-order valence-corrected chi connectivity index (χ2v) is 8.11. The number of hydrogen-bond acceptors (Lipinski definition) is 2. The van der Waals surface area contributed by atoms with Crippen LogP contribution in [0.15, 0.2) is 0 Å². The molecule has 0 radical (unpaired) electrons. The van der Waals surface area contributed by atoms with Crippen molar-refractivity contribution >= 4 is 0 Å². The summed E-state index contributed by atoms with van der Waals surface area (Å²) in [6, 6.07) is 0. The van der Waals surface area contributed by atoms with Gasteiger partial charge in [-0.1, -0.05) is 20.8 Å². The average Bonchev–Trinajstić information content (AvgIpc) is 2.11. The maximum atomic E-state index is 6.11. The summed E-state index contributed by atoms with van der Waals surface area (Å²) >= 11 is 0. The van der Waals surface area contributed by atoms with Crippen LogP contribution in [-0.4, -0.2) is 35.7 Å². The zero-order chi connectivity index (χ0) is 12.9. The molecule has 2 saturated heterocycles. The van der Waals surface area contributed by atoms with Crippen LogP contribution in [-0.2, 0) is 4.74 Å². The van der Waals surface area contributed by atoms with Crippen molar-refractivity contribution in [3.05, 3.63) is 0 Å². The van der Waals surface area contributed by atoms with Gasteiger partial charge in [-0.05, 0) is 44.9 Å². The van der Waals surface area contributed by atoms with Gasteiger partial charge in [0.2, 0.25) is 0 Å². The van der Waals surface area contributed by atoms with Gasteiger partial charge in [-0.3, -0.25) is 4.90 Å². The number of ether oxygens (including phenoxy) is 1. The summed E-state index contributed by atoms with van der Waals surface area (Å²) in [7, 11) is 0. The lowest BCUT2D eigenvalue weighted by Crippen LogP contribution is -2.69. The van der Waals surface area contributed by atoms with Crippen LogP contribution in [0.1, 0.15) is 54.4 Å². The van der Waals surface area contributed by atoms with Crippen LogP contribution in [0.4, 0.5) is 0 Å². The fourth-order valence-corrected chi connectivity index (χ4v) is 3.11. The highest BCUT2D eigenvalue weighted by Crippen LogP contribution is 2.45. The Kier molecular flexibility index (Phi) is 3.11. The van der Waals surface area contributed by atoms with Gasteiger partial charge in [-0.15, -0.1) is 0 Å². The maximum Gasteiger partial charge on any atom is 0.0938 e. The third-order valence-electron chi connectivity index (χ3n) is 4.62. The Labute approximate surface area is 107 Å². The van der Waals surface area contributed by atoms with E-state index in [-0.39, 0.29) is 5.60 Å². The molecule has 0 aliphatic carbocycles. The molecule has 2 fully saturated rings. The first-order valence-electron chi connectivity index (χ1n) is 7.01. The van der Waals surface area contributed by atoms with E-state index in [9.17, 15) is 0 Å². The van der Waals surface area contributed by atoms with Gasteiger partial charge in [0.15, 0.2) is 0 Å². The molecule has 2 heterocycles. The third-order valence-corrected chi connectivity index (χ3v) is 4.62. The minimum absolute atomic E-state index is 0.184. The Morgan fingerprint density at radius 2 is 1.65 bits per heavy atom. The van der Waals surface area contributed by atoms with Crippen LogP contribution in [0.5, 0.6) is 0 Å². The summed E-state index contributed by atoms with van der Waals surface area (Å²) in [6.45, 7) is 17.2. The molecule has 2 nitrogen and oxygen atoms in total. The Bertz CT molecular complexity index is 278. The van der Waals surface area contributed by atoms with Gasteiger partial charge in [-0.2, -0.15) is 0 Å². The molecule has 100 valence electrons. The van der Waals surface area contributed by atoms with Gasteiger partial charge in [0.25, 0.3) is 0 Å². The van der Waals surface area contributed by atoms with Crippen molar-refractivity contribution in [3.63, 3.8) is 0 Å². The van der Waals surface area contributed by atoms with E-state index < -0.39 is 0 Å². The zero-order valence-electron chi connectivity index (χ0n) is 12.5. The first-order valence-corrected chi connectivity index (χ1v) is 7.01. The van der Waals surface area contributed by atoms with Crippen LogP contribution < -0.4 is 0 Å². The monoisotopic (exact) mass is 239 g/mol. The normalized spacial score (nSPS) is 30.4. The van der Waals surface area contributed by atoms with Crippen LogP contribution in [0.3, 0.4) is 0 Å². The van der Waals surface area contributed by atoms with E-state index in [4.69, 9.17) is 4.74 Å². The van der Waals surface area contributed by atoms with E-state index in [1.165, 1.54) is 12.8 Å². The Balaban J connectivity index is 1.96. The first-order chi connectivity index (χ1) is 7.62. The largest absolute Gasteiger partial charge is 0.372 e. The average molecular weight is 239 g/mol. The number of likely N-dealkylation sites (tertiary alicyclic amines) is 1. The van der Waals surface area contributed by atoms with E-state index in [0.717, 1.165) is 25.6 Å². The molecule has 2 aliphatic rings. The van der Waals surface area contributed by atoms with Crippen molar-refractivity contribution in [1.29, 1.82) is 0 Å². The van der Waals surface area contributed by atoms with Crippen molar-refractivity contribution < 1.29 is 4.74 Å². The van der Waals surface area contributed by atoms with Crippen molar-refractivity contribution in [3.8, 4) is 0 Å². The highest BCUT2D eigenvalue weighted by molar-refractivity contribution is 5.05. The molecular weight excluding hydrogens is 210 g/mol. The molecule has 2 aliphatic heterocycles. The van der Waals surface area contributed by atoms with Crippen LogP contribution in [0.2, 0.25) is 0 Å². The van der Waals surface area contributed by atoms with E-state index in [1.807, 2.05) is 0 Å². The topological polar surface area (TPSA) is 12.5 Å². The Morgan fingerprint density at radius 1 is 1.06 bits per heavy atom. The predicted molar refractivity (Wildman–Crippen MR) is 72.2 cm³/mol. The molecule has 0 amide bonds. The summed E-state index contributed by atoms with van der Waals surface area (Å²) in [5, 5.41) is 0. The smallest absolute Gasteiger partial charge is 0.0938 e. The molecule has 0 aromatic carbocycles. The number of hydrogen-bond donors (Lipinski definition) is 0. The zero-order valence-corrected chi connectivity index (χ0v) is 12.5. The van der Waals surface area contributed by atoms with E-state index in [1.54, 1.807) is 0 Å². The van der Waals surface area contributed by atoms with Crippen LogP contribution >= 0.6 is 0 Å². The van der Waals surface area contributed by atoms with Gasteiger partial charge >= 0.3 is 0 Å². The van der Waals surface area contributed by atoms with Crippen molar-refractivity contribution in [2.75, 3.05) is 19.7 Å². The fourth-order valence-electron chi connectivity index (χ4n) is 3.11. The SMILES string of the molecule is CC(C)(C)C1CCOC2(C1)CN(C(C)(C)C)C2. The third kappa shape index (κ3) is 2.68. The van der Waals surface area contributed by atoms with E-state index in [0.29, 0.717) is 11.0 Å². The second kappa shape index (κ2) is 3.96. The molecule has 1 atom stereocenters.